The van der Waals surface area contributed by atoms with Gasteiger partial charge in [0.25, 0.3) is 5.91 Å². The van der Waals surface area contributed by atoms with Gasteiger partial charge in [0, 0.05) is 25.0 Å². The fourth-order valence-electron chi connectivity index (χ4n) is 1.84. The van der Waals surface area contributed by atoms with E-state index in [1.54, 1.807) is 30.6 Å². The summed E-state index contributed by atoms with van der Waals surface area (Å²) in [4.78, 5) is 16.2. The van der Waals surface area contributed by atoms with Crippen molar-refractivity contribution in [2.75, 3.05) is 0 Å². The van der Waals surface area contributed by atoms with Crippen molar-refractivity contribution >= 4 is 29.1 Å². The highest BCUT2D eigenvalue weighted by molar-refractivity contribution is 6.42. The number of carbonyl (C=O) groups excluding carboxylic acids is 1. The van der Waals surface area contributed by atoms with Gasteiger partial charge in [-0.2, -0.15) is 0 Å². The van der Waals surface area contributed by atoms with Crippen LogP contribution in [-0.4, -0.2) is 17.0 Å². The molecule has 6 heteroatoms. The van der Waals surface area contributed by atoms with Crippen LogP contribution in [0, 0.1) is 0 Å². The smallest absolute Gasteiger partial charge is 0.261 e. The minimum absolute atomic E-state index is 0.183. The van der Waals surface area contributed by atoms with Crippen LogP contribution in [0.1, 0.15) is 18.9 Å². The van der Waals surface area contributed by atoms with E-state index in [9.17, 15) is 4.79 Å². The lowest BCUT2D eigenvalue weighted by molar-refractivity contribution is -0.128. The van der Waals surface area contributed by atoms with Crippen molar-refractivity contribution in [2.24, 2.45) is 0 Å². The molecule has 1 unspecified atom stereocenters. The largest absolute Gasteiger partial charge is 0.481 e. The number of hydrogen-bond donors (Lipinski definition) is 1. The van der Waals surface area contributed by atoms with Crippen LogP contribution in [0.25, 0.3) is 0 Å². The molecule has 0 aliphatic carbocycles. The van der Waals surface area contributed by atoms with E-state index in [1.807, 2.05) is 19.1 Å². The van der Waals surface area contributed by atoms with Crippen LogP contribution < -0.4 is 10.1 Å². The van der Waals surface area contributed by atoms with Crippen LogP contribution in [0.3, 0.4) is 0 Å². The van der Waals surface area contributed by atoms with Crippen molar-refractivity contribution in [3.63, 3.8) is 0 Å². The number of aromatic nitrogens is 1. The SMILES string of the molecule is CCC(Oc1ccc(Cl)c(Cl)c1)C(=O)NCc1cccnc1. The molecule has 0 saturated carbocycles. The van der Waals surface area contributed by atoms with E-state index >= 15 is 0 Å². The van der Waals surface area contributed by atoms with Crippen molar-refractivity contribution < 1.29 is 9.53 Å². The number of halogens is 2. The lowest BCUT2D eigenvalue weighted by Crippen LogP contribution is -2.37. The van der Waals surface area contributed by atoms with Gasteiger partial charge < -0.3 is 10.1 Å². The van der Waals surface area contributed by atoms with Gasteiger partial charge in [-0.1, -0.05) is 36.2 Å². The van der Waals surface area contributed by atoms with Gasteiger partial charge >= 0.3 is 0 Å². The predicted octanol–water partition coefficient (Wildman–Crippen LogP) is 3.86. The maximum atomic E-state index is 12.2. The summed E-state index contributed by atoms with van der Waals surface area (Å²) in [7, 11) is 0. The van der Waals surface area contributed by atoms with Crippen LogP contribution in [0.4, 0.5) is 0 Å². The molecule has 1 amide bonds. The molecule has 0 spiro atoms. The van der Waals surface area contributed by atoms with Crippen molar-refractivity contribution in [1.82, 2.24) is 10.3 Å². The Labute approximate surface area is 139 Å². The number of benzene rings is 1. The standard InChI is InChI=1S/C16H16Cl2N2O2/c1-2-15(22-12-5-6-13(17)14(18)8-12)16(21)20-10-11-4-3-7-19-9-11/h3-9,15H,2,10H2,1H3,(H,20,21). The third-order valence-electron chi connectivity index (χ3n) is 3.02. The molecule has 22 heavy (non-hydrogen) atoms. The van der Waals surface area contributed by atoms with Crippen LogP contribution in [0.5, 0.6) is 5.75 Å². The van der Waals surface area contributed by atoms with E-state index < -0.39 is 6.10 Å². The molecule has 4 nitrogen and oxygen atoms in total. The topological polar surface area (TPSA) is 51.2 Å². The minimum atomic E-state index is -0.589. The average molecular weight is 339 g/mol. The molecule has 0 aliphatic heterocycles. The monoisotopic (exact) mass is 338 g/mol. The number of rotatable bonds is 6. The van der Waals surface area contributed by atoms with E-state index in [0.29, 0.717) is 28.8 Å². The molecule has 1 aromatic heterocycles. The highest BCUT2D eigenvalue weighted by Crippen LogP contribution is 2.27. The Hall–Kier alpha value is -1.78. The number of hydrogen-bond acceptors (Lipinski definition) is 3. The van der Waals surface area contributed by atoms with Gasteiger partial charge in [-0.05, 0) is 30.2 Å². The van der Waals surface area contributed by atoms with Crippen LogP contribution in [0.15, 0.2) is 42.7 Å². The number of amides is 1. The Balaban J connectivity index is 1.95. The first-order valence-electron chi connectivity index (χ1n) is 6.88. The highest BCUT2D eigenvalue weighted by Gasteiger charge is 2.18. The first kappa shape index (κ1) is 16.6. The number of ether oxygens (including phenoxy) is 1. The molecular formula is C16H16Cl2N2O2. The lowest BCUT2D eigenvalue weighted by atomic mass is 10.2. The van der Waals surface area contributed by atoms with Crippen LogP contribution in [-0.2, 0) is 11.3 Å². The lowest BCUT2D eigenvalue weighted by Gasteiger charge is -2.17. The van der Waals surface area contributed by atoms with Crippen LogP contribution >= 0.6 is 23.2 Å². The summed E-state index contributed by atoms with van der Waals surface area (Å²) in [6.45, 7) is 2.29. The van der Waals surface area contributed by atoms with E-state index in [-0.39, 0.29) is 5.91 Å². The summed E-state index contributed by atoms with van der Waals surface area (Å²) in [6, 6.07) is 8.64. The molecule has 1 aromatic carbocycles. The summed E-state index contributed by atoms with van der Waals surface area (Å²) in [5, 5.41) is 3.67. The van der Waals surface area contributed by atoms with E-state index in [1.165, 1.54) is 0 Å². The Kier molecular flexibility index (Phi) is 6.04. The Morgan fingerprint density at radius 1 is 1.32 bits per heavy atom. The molecular weight excluding hydrogens is 323 g/mol. The second-order valence-electron chi connectivity index (χ2n) is 4.67. The second kappa shape index (κ2) is 8.01. The van der Waals surface area contributed by atoms with Gasteiger partial charge in [-0.25, -0.2) is 0 Å². The first-order valence-corrected chi connectivity index (χ1v) is 7.64. The summed E-state index contributed by atoms with van der Waals surface area (Å²) in [5.74, 6) is 0.329. The van der Waals surface area contributed by atoms with Crippen molar-refractivity contribution in [3.05, 3.63) is 58.3 Å². The normalized spacial score (nSPS) is 11.8. The van der Waals surface area contributed by atoms with Crippen molar-refractivity contribution in [1.29, 1.82) is 0 Å². The fraction of sp³-hybridized carbons (Fsp3) is 0.250. The minimum Gasteiger partial charge on any atom is -0.481 e. The molecule has 1 atom stereocenters. The van der Waals surface area contributed by atoms with Gasteiger partial charge in [0.05, 0.1) is 10.0 Å². The van der Waals surface area contributed by atoms with Crippen LogP contribution in [0.2, 0.25) is 10.0 Å². The molecule has 0 fully saturated rings. The zero-order valence-electron chi connectivity index (χ0n) is 12.1. The Bertz CT molecular complexity index is 635. The van der Waals surface area contributed by atoms with E-state index in [0.717, 1.165) is 5.56 Å². The van der Waals surface area contributed by atoms with Gasteiger partial charge in [-0.15, -0.1) is 0 Å². The fourth-order valence-corrected chi connectivity index (χ4v) is 2.13. The zero-order valence-corrected chi connectivity index (χ0v) is 13.6. The molecule has 2 rings (SSSR count). The number of carbonyl (C=O) groups is 1. The van der Waals surface area contributed by atoms with E-state index in [4.69, 9.17) is 27.9 Å². The number of pyridine rings is 1. The molecule has 1 heterocycles. The average Bonchev–Trinajstić information content (AvgIpc) is 2.54. The first-order chi connectivity index (χ1) is 10.6. The number of nitrogens with one attached hydrogen (secondary N) is 1. The quantitative estimate of drug-likeness (QED) is 0.869. The predicted molar refractivity (Wildman–Crippen MR) is 87.3 cm³/mol. The maximum absolute atomic E-state index is 12.2. The number of nitrogens with zero attached hydrogens (tertiary/aromatic N) is 1. The maximum Gasteiger partial charge on any atom is 0.261 e. The Morgan fingerprint density at radius 3 is 2.77 bits per heavy atom. The summed E-state index contributed by atoms with van der Waals surface area (Å²) in [6.07, 6.45) is 3.35. The second-order valence-corrected chi connectivity index (χ2v) is 5.48. The molecule has 0 aliphatic rings. The molecule has 0 radical (unpaired) electrons. The third kappa shape index (κ3) is 4.61. The molecule has 2 aromatic rings. The van der Waals surface area contributed by atoms with Gasteiger partial charge in [0.15, 0.2) is 6.10 Å². The highest BCUT2D eigenvalue weighted by atomic mass is 35.5. The molecule has 0 saturated heterocycles. The zero-order chi connectivity index (χ0) is 15.9. The molecule has 1 N–H and O–H groups in total. The van der Waals surface area contributed by atoms with Crippen molar-refractivity contribution in [3.8, 4) is 5.75 Å². The summed E-state index contributed by atoms with van der Waals surface area (Å²) >= 11 is 11.8. The third-order valence-corrected chi connectivity index (χ3v) is 3.76. The summed E-state index contributed by atoms with van der Waals surface area (Å²) < 4.78 is 5.68. The molecule has 116 valence electrons. The summed E-state index contributed by atoms with van der Waals surface area (Å²) in [5.41, 5.74) is 0.931. The van der Waals surface area contributed by atoms with Crippen molar-refractivity contribution in [2.45, 2.75) is 26.0 Å². The van der Waals surface area contributed by atoms with Gasteiger partial charge in [-0.3, -0.25) is 9.78 Å². The van der Waals surface area contributed by atoms with Gasteiger partial charge in [0.1, 0.15) is 5.75 Å². The van der Waals surface area contributed by atoms with Gasteiger partial charge in [0.2, 0.25) is 0 Å². The van der Waals surface area contributed by atoms with E-state index in [2.05, 4.69) is 10.3 Å². The Morgan fingerprint density at radius 2 is 2.14 bits per heavy atom. The molecule has 0 bridgehead atoms.